The monoisotopic (exact) mass is 272 g/mol. The molecule has 0 aromatic heterocycles. The number of carbonyl (C=O) groups excluding carboxylic acids is 2. The molecular formula is C10H9BrO4. The van der Waals surface area contributed by atoms with Crippen LogP contribution in [0.1, 0.15) is 10.4 Å². The molecule has 1 aromatic rings. The van der Waals surface area contributed by atoms with Crippen LogP contribution in [0.15, 0.2) is 22.7 Å². The molecule has 0 aliphatic heterocycles. The standard InChI is InChI=1S/C10H9BrO4/c1-14-10(13)6-15-9-3-2-8(11)4-7(9)5-12/h2-5H,6H2,1H3. The van der Waals surface area contributed by atoms with E-state index in [2.05, 4.69) is 20.7 Å². The van der Waals surface area contributed by atoms with Crippen LogP contribution < -0.4 is 4.74 Å². The predicted octanol–water partition coefficient (Wildman–Crippen LogP) is 1.81. The van der Waals surface area contributed by atoms with Crippen molar-refractivity contribution >= 4 is 28.2 Å². The molecule has 0 spiro atoms. The molecule has 0 aliphatic carbocycles. The summed E-state index contributed by atoms with van der Waals surface area (Å²) in [5.41, 5.74) is 0.383. The highest BCUT2D eigenvalue weighted by Crippen LogP contribution is 2.21. The van der Waals surface area contributed by atoms with Gasteiger partial charge in [0.25, 0.3) is 0 Å². The molecule has 80 valence electrons. The molecule has 0 radical (unpaired) electrons. The topological polar surface area (TPSA) is 52.6 Å². The van der Waals surface area contributed by atoms with E-state index in [4.69, 9.17) is 4.74 Å². The minimum Gasteiger partial charge on any atom is -0.481 e. The summed E-state index contributed by atoms with van der Waals surface area (Å²) in [6.07, 6.45) is 0.664. The van der Waals surface area contributed by atoms with Crippen LogP contribution in [-0.2, 0) is 9.53 Å². The molecular weight excluding hydrogens is 264 g/mol. The van der Waals surface area contributed by atoms with Crippen molar-refractivity contribution in [3.63, 3.8) is 0 Å². The van der Waals surface area contributed by atoms with Gasteiger partial charge in [-0.2, -0.15) is 0 Å². The summed E-state index contributed by atoms with van der Waals surface area (Å²) in [7, 11) is 1.27. The molecule has 0 N–H and O–H groups in total. The second-order valence-electron chi connectivity index (χ2n) is 2.66. The summed E-state index contributed by atoms with van der Waals surface area (Å²) in [6.45, 7) is -0.209. The first kappa shape index (κ1) is 11.7. The Morgan fingerprint density at radius 3 is 2.87 bits per heavy atom. The SMILES string of the molecule is COC(=O)COc1ccc(Br)cc1C=O. The minimum atomic E-state index is -0.491. The number of esters is 1. The van der Waals surface area contributed by atoms with Gasteiger partial charge in [0, 0.05) is 4.47 Å². The summed E-state index contributed by atoms with van der Waals surface area (Å²) >= 11 is 3.22. The Hall–Kier alpha value is -1.36. The number of hydrogen-bond donors (Lipinski definition) is 0. The second kappa shape index (κ2) is 5.50. The van der Waals surface area contributed by atoms with Crippen LogP contribution in [0.5, 0.6) is 5.75 Å². The summed E-state index contributed by atoms with van der Waals surface area (Å²) in [5.74, 6) is -0.131. The van der Waals surface area contributed by atoms with Gasteiger partial charge in [0.05, 0.1) is 12.7 Å². The van der Waals surface area contributed by atoms with Crippen molar-refractivity contribution in [3.05, 3.63) is 28.2 Å². The minimum absolute atomic E-state index is 0.209. The van der Waals surface area contributed by atoms with Crippen LogP contribution in [0.4, 0.5) is 0 Å². The molecule has 15 heavy (non-hydrogen) atoms. The van der Waals surface area contributed by atoms with E-state index in [9.17, 15) is 9.59 Å². The molecule has 0 aliphatic rings. The highest BCUT2D eigenvalue weighted by molar-refractivity contribution is 9.10. The number of halogens is 1. The fourth-order valence-electron chi connectivity index (χ4n) is 0.938. The molecule has 4 nitrogen and oxygen atoms in total. The van der Waals surface area contributed by atoms with Crippen LogP contribution in [0.3, 0.4) is 0 Å². The Morgan fingerprint density at radius 2 is 2.27 bits per heavy atom. The van der Waals surface area contributed by atoms with Crippen molar-refractivity contribution in [2.75, 3.05) is 13.7 Å². The average Bonchev–Trinajstić information content (AvgIpc) is 2.26. The summed E-state index contributed by atoms with van der Waals surface area (Å²) in [6, 6.07) is 4.94. The Bertz CT molecular complexity index is 376. The third kappa shape index (κ3) is 3.36. The lowest BCUT2D eigenvalue weighted by Gasteiger charge is -2.06. The van der Waals surface area contributed by atoms with Crippen molar-refractivity contribution in [1.29, 1.82) is 0 Å². The molecule has 0 amide bonds. The molecule has 0 fully saturated rings. The van der Waals surface area contributed by atoms with Crippen LogP contribution >= 0.6 is 15.9 Å². The van der Waals surface area contributed by atoms with Crippen molar-refractivity contribution in [2.45, 2.75) is 0 Å². The van der Waals surface area contributed by atoms with E-state index in [1.165, 1.54) is 7.11 Å². The summed E-state index contributed by atoms with van der Waals surface area (Å²) < 4.78 is 10.3. The first-order valence-electron chi connectivity index (χ1n) is 4.11. The van der Waals surface area contributed by atoms with Gasteiger partial charge in [0.1, 0.15) is 5.75 Å². The Kier molecular flexibility index (Phi) is 4.30. The van der Waals surface area contributed by atoms with E-state index in [0.29, 0.717) is 17.6 Å². The number of carbonyl (C=O) groups is 2. The second-order valence-corrected chi connectivity index (χ2v) is 3.58. The van der Waals surface area contributed by atoms with E-state index in [0.717, 1.165) is 4.47 Å². The number of aldehydes is 1. The van der Waals surface area contributed by atoms with Crippen LogP contribution in [0.2, 0.25) is 0 Å². The maximum absolute atomic E-state index is 10.8. The molecule has 0 saturated carbocycles. The van der Waals surface area contributed by atoms with Crippen LogP contribution in [0.25, 0.3) is 0 Å². The van der Waals surface area contributed by atoms with E-state index < -0.39 is 5.97 Å². The molecule has 0 unspecified atom stereocenters. The molecule has 0 saturated heterocycles. The van der Waals surface area contributed by atoms with Gasteiger partial charge in [-0.15, -0.1) is 0 Å². The summed E-state index contributed by atoms with van der Waals surface area (Å²) in [4.78, 5) is 21.5. The van der Waals surface area contributed by atoms with E-state index in [-0.39, 0.29) is 6.61 Å². The Labute approximate surface area is 95.3 Å². The van der Waals surface area contributed by atoms with Gasteiger partial charge in [0.15, 0.2) is 12.9 Å². The summed E-state index contributed by atoms with van der Waals surface area (Å²) in [5, 5.41) is 0. The van der Waals surface area contributed by atoms with Gasteiger partial charge in [0.2, 0.25) is 0 Å². The first-order valence-corrected chi connectivity index (χ1v) is 4.91. The molecule has 1 rings (SSSR count). The zero-order valence-corrected chi connectivity index (χ0v) is 9.61. The van der Waals surface area contributed by atoms with E-state index in [1.807, 2.05) is 0 Å². The first-order chi connectivity index (χ1) is 7.17. The van der Waals surface area contributed by atoms with Gasteiger partial charge >= 0.3 is 5.97 Å². The zero-order chi connectivity index (χ0) is 11.3. The van der Waals surface area contributed by atoms with E-state index in [1.54, 1.807) is 18.2 Å². The largest absolute Gasteiger partial charge is 0.481 e. The molecule has 1 aromatic carbocycles. The molecule has 0 bridgehead atoms. The van der Waals surface area contributed by atoms with E-state index >= 15 is 0 Å². The molecule has 5 heteroatoms. The molecule has 0 heterocycles. The zero-order valence-electron chi connectivity index (χ0n) is 8.03. The van der Waals surface area contributed by atoms with Gasteiger partial charge in [-0.3, -0.25) is 4.79 Å². The third-order valence-electron chi connectivity index (χ3n) is 1.67. The molecule has 0 atom stereocenters. The Morgan fingerprint density at radius 1 is 1.53 bits per heavy atom. The average molecular weight is 273 g/mol. The van der Waals surface area contributed by atoms with Crippen molar-refractivity contribution in [1.82, 2.24) is 0 Å². The number of ether oxygens (including phenoxy) is 2. The Balaban J connectivity index is 2.76. The lowest BCUT2D eigenvalue weighted by Crippen LogP contribution is -2.13. The van der Waals surface area contributed by atoms with Crippen molar-refractivity contribution in [3.8, 4) is 5.75 Å². The highest BCUT2D eigenvalue weighted by Gasteiger charge is 2.06. The normalized spacial score (nSPS) is 9.47. The van der Waals surface area contributed by atoms with Gasteiger partial charge in [-0.25, -0.2) is 4.79 Å². The number of hydrogen-bond acceptors (Lipinski definition) is 4. The number of methoxy groups -OCH3 is 1. The van der Waals surface area contributed by atoms with Crippen LogP contribution in [0, 0.1) is 0 Å². The van der Waals surface area contributed by atoms with Gasteiger partial charge < -0.3 is 9.47 Å². The number of rotatable bonds is 4. The lowest BCUT2D eigenvalue weighted by atomic mass is 10.2. The third-order valence-corrected chi connectivity index (χ3v) is 2.17. The smallest absolute Gasteiger partial charge is 0.343 e. The van der Waals surface area contributed by atoms with Crippen LogP contribution in [-0.4, -0.2) is 26.0 Å². The quantitative estimate of drug-likeness (QED) is 0.620. The number of benzene rings is 1. The van der Waals surface area contributed by atoms with Crippen molar-refractivity contribution in [2.24, 2.45) is 0 Å². The van der Waals surface area contributed by atoms with Crippen molar-refractivity contribution < 1.29 is 19.1 Å². The fourth-order valence-corrected chi connectivity index (χ4v) is 1.32. The van der Waals surface area contributed by atoms with Gasteiger partial charge in [-0.05, 0) is 18.2 Å². The van der Waals surface area contributed by atoms with Gasteiger partial charge in [-0.1, -0.05) is 15.9 Å². The maximum atomic E-state index is 10.8. The fraction of sp³-hybridized carbons (Fsp3) is 0.200. The lowest BCUT2D eigenvalue weighted by molar-refractivity contribution is -0.142. The maximum Gasteiger partial charge on any atom is 0.343 e. The predicted molar refractivity (Wildman–Crippen MR) is 57.0 cm³/mol. The highest BCUT2D eigenvalue weighted by atomic mass is 79.9.